The zero-order chi connectivity index (χ0) is 12.7. The molecule has 0 fully saturated rings. The van der Waals surface area contributed by atoms with Crippen LogP contribution in [0.5, 0.6) is 0 Å². The molecule has 0 aliphatic rings. The summed E-state index contributed by atoms with van der Waals surface area (Å²) in [7, 11) is 1.86. The van der Waals surface area contributed by atoms with Crippen LogP contribution in [0.1, 0.15) is 0 Å². The van der Waals surface area contributed by atoms with Gasteiger partial charge in [-0.25, -0.2) is 4.98 Å². The van der Waals surface area contributed by atoms with E-state index in [1.54, 1.807) is 17.1 Å². The lowest BCUT2D eigenvalue weighted by Gasteiger charge is -2.06. The second kappa shape index (κ2) is 3.99. The lowest BCUT2D eigenvalue weighted by Crippen LogP contribution is -1.96. The molecule has 2 heterocycles. The number of nitrogens with zero attached hydrogens (tertiary/aromatic N) is 3. The zero-order valence-electron chi connectivity index (χ0n) is 9.76. The Balaban J connectivity index is 2.37. The van der Waals surface area contributed by atoms with Crippen LogP contribution >= 0.6 is 11.6 Å². The molecule has 0 saturated carbocycles. The van der Waals surface area contributed by atoms with Crippen molar-refractivity contribution >= 4 is 28.3 Å². The van der Waals surface area contributed by atoms with E-state index >= 15 is 0 Å². The smallest absolute Gasteiger partial charge is 0.131 e. The third-order valence-electron chi connectivity index (χ3n) is 2.95. The van der Waals surface area contributed by atoms with Gasteiger partial charge < -0.3 is 10.3 Å². The number of halogens is 1. The van der Waals surface area contributed by atoms with Crippen molar-refractivity contribution in [2.75, 3.05) is 5.73 Å². The molecule has 5 heteroatoms. The third kappa shape index (κ3) is 1.54. The van der Waals surface area contributed by atoms with Crippen molar-refractivity contribution in [3.63, 3.8) is 0 Å². The van der Waals surface area contributed by atoms with Crippen LogP contribution in [0, 0.1) is 0 Å². The Morgan fingerprint density at radius 1 is 1.22 bits per heavy atom. The van der Waals surface area contributed by atoms with E-state index in [1.807, 2.05) is 31.3 Å². The van der Waals surface area contributed by atoms with Crippen molar-refractivity contribution in [2.24, 2.45) is 7.05 Å². The molecule has 4 nitrogen and oxygen atoms in total. The summed E-state index contributed by atoms with van der Waals surface area (Å²) in [6.07, 6.45) is 3.43. The number of nitrogen functional groups attached to an aromatic ring is 1. The molecular formula is C13H11ClN4. The molecule has 0 radical (unpaired) electrons. The minimum atomic E-state index is 0.615. The maximum absolute atomic E-state index is 6.16. The molecule has 2 N–H and O–H groups in total. The third-order valence-corrected chi connectivity index (χ3v) is 3.28. The quantitative estimate of drug-likeness (QED) is 0.730. The topological polar surface area (TPSA) is 56.7 Å². The van der Waals surface area contributed by atoms with Gasteiger partial charge in [-0.2, -0.15) is 0 Å². The highest BCUT2D eigenvalue weighted by Gasteiger charge is 2.13. The van der Waals surface area contributed by atoms with Crippen LogP contribution in [-0.2, 0) is 7.05 Å². The molecule has 1 aromatic carbocycles. The first-order chi connectivity index (χ1) is 8.68. The molecule has 0 aliphatic carbocycles. The van der Waals surface area contributed by atoms with Crippen molar-refractivity contribution in [3.8, 4) is 11.3 Å². The predicted octanol–water partition coefficient (Wildman–Crippen LogP) is 2.87. The molecule has 0 saturated heterocycles. The Morgan fingerprint density at radius 2 is 2.06 bits per heavy atom. The van der Waals surface area contributed by atoms with Gasteiger partial charge in [0.25, 0.3) is 0 Å². The van der Waals surface area contributed by atoms with Crippen molar-refractivity contribution in [1.82, 2.24) is 14.5 Å². The minimum absolute atomic E-state index is 0.615. The number of rotatable bonds is 1. The number of pyridine rings is 1. The zero-order valence-corrected chi connectivity index (χ0v) is 10.5. The average molecular weight is 259 g/mol. The summed E-state index contributed by atoms with van der Waals surface area (Å²) in [4.78, 5) is 8.70. The highest BCUT2D eigenvalue weighted by molar-refractivity contribution is 6.35. The molecule has 0 amide bonds. The molecule has 0 unspecified atom stereocenters. The van der Waals surface area contributed by atoms with E-state index in [4.69, 9.17) is 17.3 Å². The fraction of sp³-hybridized carbons (Fsp3) is 0.0769. The van der Waals surface area contributed by atoms with Crippen molar-refractivity contribution in [3.05, 3.63) is 41.8 Å². The first-order valence-electron chi connectivity index (χ1n) is 5.49. The van der Waals surface area contributed by atoms with Gasteiger partial charge in [0, 0.05) is 24.2 Å². The highest BCUT2D eigenvalue weighted by atomic mass is 35.5. The van der Waals surface area contributed by atoms with Gasteiger partial charge in [-0.15, -0.1) is 0 Å². The van der Waals surface area contributed by atoms with Crippen LogP contribution < -0.4 is 5.73 Å². The summed E-state index contributed by atoms with van der Waals surface area (Å²) in [6, 6.07) is 7.54. The second-order valence-corrected chi connectivity index (χ2v) is 4.49. The van der Waals surface area contributed by atoms with Gasteiger partial charge in [-0.05, 0) is 24.3 Å². The SMILES string of the molecule is Cn1cnc(-c2ccc(Cl)c3cccnc23)c1N. The van der Waals surface area contributed by atoms with Crippen LogP contribution in [0.4, 0.5) is 5.82 Å². The van der Waals surface area contributed by atoms with E-state index in [-0.39, 0.29) is 0 Å². The summed E-state index contributed by atoms with van der Waals surface area (Å²) < 4.78 is 1.78. The van der Waals surface area contributed by atoms with Gasteiger partial charge in [-0.3, -0.25) is 4.98 Å². The van der Waals surface area contributed by atoms with E-state index < -0.39 is 0 Å². The molecule has 3 rings (SSSR count). The van der Waals surface area contributed by atoms with Crippen LogP contribution in [0.3, 0.4) is 0 Å². The molecule has 0 spiro atoms. The number of fused-ring (bicyclic) bond motifs is 1. The number of benzene rings is 1. The van der Waals surface area contributed by atoms with E-state index in [2.05, 4.69) is 9.97 Å². The molecule has 0 aliphatic heterocycles. The molecule has 90 valence electrons. The van der Waals surface area contributed by atoms with Gasteiger partial charge >= 0.3 is 0 Å². The normalized spacial score (nSPS) is 11.0. The van der Waals surface area contributed by atoms with E-state index in [1.165, 1.54) is 0 Å². The van der Waals surface area contributed by atoms with Gasteiger partial charge in [0.05, 0.1) is 16.9 Å². The van der Waals surface area contributed by atoms with E-state index in [9.17, 15) is 0 Å². The summed E-state index contributed by atoms with van der Waals surface area (Å²) >= 11 is 6.16. The van der Waals surface area contributed by atoms with Crippen LogP contribution in [0.15, 0.2) is 36.8 Å². The lowest BCUT2D eigenvalue weighted by molar-refractivity contribution is 0.925. The monoisotopic (exact) mass is 258 g/mol. The Kier molecular flexibility index (Phi) is 2.45. The number of hydrogen-bond donors (Lipinski definition) is 1. The number of hydrogen-bond acceptors (Lipinski definition) is 3. The number of aromatic nitrogens is 3. The maximum Gasteiger partial charge on any atom is 0.131 e. The fourth-order valence-electron chi connectivity index (χ4n) is 1.98. The number of anilines is 1. The fourth-order valence-corrected chi connectivity index (χ4v) is 2.19. The maximum atomic E-state index is 6.16. The Hall–Kier alpha value is -2.07. The summed E-state index contributed by atoms with van der Waals surface area (Å²) in [5.74, 6) is 0.615. The highest BCUT2D eigenvalue weighted by Crippen LogP contribution is 2.33. The largest absolute Gasteiger partial charge is 0.383 e. The number of imidazole rings is 1. The molecule has 18 heavy (non-hydrogen) atoms. The Bertz CT molecular complexity index is 733. The molecule has 0 bridgehead atoms. The van der Waals surface area contributed by atoms with Gasteiger partial charge in [0.15, 0.2) is 0 Å². The Labute approximate surface area is 109 Å². The summed E-state index contributed by atoms with van der Waals surface area (Å²) in [5, 5.41) is 1.58. The van der Waals surface area contributed by atoms with E-state index in [0.29, 0.717) is 10.8 Å². The first-order valence-corrected chi connectivity index (χ1v) is 5.86. The first kappa shape index (κ1) is 11.0. The summed E-state index contributed by atoms with van der Waals surface area (Å²) in [6.45, 7) is 0. The Morgan fingerprint density at radius 3 is 2.78 bits per heavy atom. The van der Waals surface area contributed by atoms with Crippen LogP contribution in [-0.4, -0.2) is 14.5 Å². The molecule has 3 aromatic rings. The predicted molar refractivity (Wildman–Crippen MR) is 73.4 cm³/mol. The van der Waals surface area contributed by atoms with Gasteiger partial charge in [0.2, 0.25) is 0 Å². The average Bonchev–Trinajstić information content (AvgIpc) is 2.71. The number of aryl methyl sites for hydroxylation is 1. The minimum Gasteiger partial charge on any atom is -0.383 e. The standard InChI is InChI=1S/C13H11ClN4/c1-18-7-17-12(13(18)15)9-4-5-10(14)8-3-2-6-16-11(8)9/h2-7H,15H2,1H3. The molecule has 0 atom stereocenters. The van der Waals surface area contributed by atoms with E-state index in [0.717, 1.165) is 22.2 Å². The van der Waals surface area contributed by atoms with Crippen molar-refractivity contribution in [2.45, 2.75) is 0 Å². The second-order valence-electron chi connectivity index (χ2n) is 4.08. The number of nitrogens with two attached hydrogens (primary N) is 1. The van der Waals surface area contributed by atoms with Crippen LogP contribution in [0.25, 0.3) is 22.2 Å². The van der Waals surface area contributed by atoms with Crippen molar-refractivity contribution < 1.29 is 0 Å². The summed E-state index contributed by atoms with van der Waals surface area (Å²) in [5.41, 5.74) is 8.45. The lowest BCUT2D eigenvalue weighted by atomic mass is 10.1. The molecular weight excluding hydrogens is 248 g/mol. The van der Waals surface area contributed by atoms with Crippen molar-refractivity contribution in [1.29, 1.82) is 0 Å². The molecule has 2 aromatic heterocycles. The van der Waals surface area contributed by atoms with Gasteiger partial charge in [0.1, 0.15) is 11.5 Å². The van der Waals surface area contributed by atoms with Crippen LogP contribution in [0.2, 0.25) is 5.02 Å². The van der Waals surface area contributed by atoms with Gasteiger partial charge in [-0.1, -0.05) is 11.6 Å².